The monoisotopic (exact) mass is 215 g/mol. The number of nitrogens with zero attached hydrogens (tertiary/aromatic N) is 1. The van der Waals surface area contributed by atoms with Gasteiger partial charge in [0.1, 0.15) is 10.7 Å². The van der Waals surface area contributed by atoms with Crippen LogP contribution in [0.1, 0.15) is 35.8 Å². The molecule has 0 aliphatic carbocycles. The SMILES string of the molecule is CCCSCc1nc(C(C)=O)cs1. The first-order valence-electron chi connectivity index (χ1n) is 4.27. The van der Waals surface area contributed by atoms with Gasteiger partial charge in [0.15, 0.2) is 5.78 Å². The van der Waals surface area contributed by atoms with Gasteiger partial charge in [-0.15, -0.1) is 11.3 Å². The molecule has 72 valence electrons. The third-order valence-corrected chi connectivity index (χ3v) is 3.69. The molecule has 0 atom stereocenters. The van der Waals surface area contributed by atoms with Crippen molar-refractivity contribution in [2.45, 2.75) is 26.0 Å². The Morgan fingerprint density at radius 3 is 3.00 bits per heavy atom. The van der Waals surface area contributed by atoms with E-state index in [2.05, 4.69) is 11.9 Å². The summed E-state index contributed by atoms with van der Waals surface area (Å²) in [5.74, 6) is 2.16. The van der Waals surface area contributed by atoms with Gasteiger partial charge >= 0.3 is 0 Å². The second-order valence-electron chi connectivity index (χ2n) is 2.74. The molecule has 0 saturated heterocycles. The number of carbonyl (C=O) groups excluding carboxylic acids is 1. The van der Waals surface area contributed by atoms with Crippen molar-refractivity contribution in [1.82, 2.24) is 4.98 Å². The molecule has 0 aliphatic heterocycles. The van der Waals surface area contributed by atoms with E-state index in [1.165, 1.54) is 6.42 Å². The van der Waals surface area contributed by atoms with E-state index in [0.717, 1.165) is 16.5 Å². The second kappa shape index (κ2) is 5.40. The summed E-state index contributed by atoms with van der Waals surface area (Å²) in [6.07, 6.45) is 1.19. The maximum atomic E-state index is 10.9. The van der Waals surface area contributed by atoms with Crippen molar-refractivity contribution in [1.29, 1.82) is 0 Å². The largest absolute Gasteiger partial charge is 0.293 e. The van der Waals surface area contributed by atoms with Crippen LogP contribution < -0.4 is 0 Å². The van der Waals surface area contributed by atoms with Gasteiger partial charge in [0.2, 0.25) is 0 Å². The van der Waals surface area contributed by atoms with E-state index < -0.39 is 0 Å². The number of carbonyl (C=O) groups is 1. The Balaban J connectivity index is 2.44. The highest BCUT2D eigenvalue weighted by Crippen LogP contribution is 2.17. The third-order valence-electron chi connectivity index (χ3n) is 1.49. The number of aromatic nitrogens is 1. The van der Waals surface area contributed by atoms with Crippen molar-refractivity contribution in [3.63, 3.8) is 0 Å². The van der Waals surface area contributed by atoms with E-state index in [0.29, 0.717) is 5.69 Å². The summed E-state index contributed by atoms with van der Waals surface area (Å²) in [7, 11) is 0. The first-order valence-corrected chi connectivity index (χ1v) is 6.30. The fraction of sp³-hybridized carbons (Fsp3) is 0.556. The van der Waals surface area contributed by atoms with Crippen molar-refractivity contribution >= 4 is 28.9 Å². The number of thiazole rings is 1. The van der Waals surface area contributed by atoms with E-state index in [4.69, 9.17) is 0 Å². The highest BCUT2D eigenvalue weighted by atomic mass is 32.2. The van der Waals surface area contributed by atoms with Gasteiger partial charge in [0.25, 0.3) is 0 Å². The lowest BCUT2D eigenvalue weighted by Gasteiger charge is -1.93. The van der Waals surface area contributed by atoms with Crippen LogP contribution in [0.2, 0.25) is 0 Å². The van der Waals surface area contributed by atoms with Crippen LogP contribution in [0, 0.1) is 0 Å². The summed E-state index contributed by atoms with van der Waals surface area (Å²) in [5.41, 5.74) is 0.608. The molecule has 0 N–H and O–H groups in total. The molecule has 0 aromatic carbocycles. The Hall–Kier alpha value is -0.350. The van der Waals surface area contributed by atoms with Gasteiger partial charge in [-0.2, -0.15) is 11.8 Å². The molecule has 0 saturated carbocycles. The van der Waals surface area contributed by atoms with Crippen LogP contribution in [0.5, 0.6) is 0 Å². The van der Waals surface area contributed by atoms with Gasteiger partial charge in [-0.25, -0.2) is 4.98 Å². The molecule has 1 aromatic rings. The van der Waals surface area contributed by atoms with Crippen LogP contribution in [0.3, 0.4) is 0 Å². The average molecular weight is 215 g/mol. The van der Waals surface area contributed by atoms with E-state index >= 15 is 0 Å². The topological polar surface area (TPSA) is 30.0 Å². The lowest BCUT2D eigenvalue weighted by atomic mass is 10.4. The summed E-state index contributed by atoms with van der Waals surface area (Å²) in [6.45, 7) is 3.72. The zero-order valence-corrected chi connectivity index (χ0v) is 9.50. The molecule has 0 amide bonds. The fourth-order valence-corrected chi connectivity index (χ4v) is 2.65. The van der Waals surface area contributed by atoms with Crippen LogP contribution in [-0.2, 0) is 5.75 Å². The van der Waals surface area contributed by atoms with Crippen LogP contribution in [0.15, 0.2) is 5.38 Å². The Kier molecular flexibility index (Phi) is 4.45. The quantitative estimate of drug-likeness (QED) is 0.558. The number of rotatable bonds is 5. The zero-order chi connectivity index (χ0) is 9.68. The van der Waals surface area contributed by atoms with Gasteiger partial charge in [-0.3, -0.25) is 4.79 Å². The number of thioether (sulfide) groups is 1. The summed E-state index contributed by atoms with van der Waals surface area (Å²) in [4.78, 5) is 15.2. The van der Waals surface area contributed by atoms with Gasteiger partial charge in [-0.05, 0) is 12.2 Å². The summed E-state index contributed by atoms with van der Waals surface area (Å²) in [6, 6.07) is 0. The van der Waals surface area contributed by atoms with Gasteiger partial charge in [0, 0.05) is 18.1 Å². The number of hydrogen-bond donors (Lipinski definition) is 0. The number of Topliss-reactive ketones (excluding diaryl/α,β-unsaturated/α-hetero) is 1. The molecule has 4 heteroatoms. The number of ketones is 1. The molecule has 0 unspecified atom stereocenters. The summed E-state index contributed by atoms with van der Waals surface area (Å²) >= 11 is 3.44. The fourth-order valence-electron chi connectivity index (χ4n) is 0.843. The number of hydrogen-bond acceptors (Lipinski definition) is 4. The van der Waals surface area contributed by atoms with Crippen LogP contribution in [0.25, 0.3) is 0 Å². The third kappa shape index (κ3) is 3.48. The Morgan fingerprint density at radius 2 is 2.46 bits per heavy atom. The van der Waals surface area contributed by atoms with Gasteiger partial charge < -0.3 is 0 Å². The zero-order valence-electron chi connectivity index (χ0n) is 7.87. The standard InChI is InChI=1S/C9H13NOS2/c1-3-4-12-6-9-10-8(5-13-9)7(2)11/h5H,3-4,6H2,1-2H3. The average Bonchev–Trinajstić information content (AvgIpc) is 2.53. The van der Waals surface area contributed by atoms with E-state index in [-0.39, 0.29) is 5.78 Å². The molecule has 0 spiro atoms. The second-order valence-corrected chi connectivity index (χ2v) is 4.78. The van der Waals surface area contributed by atoms with Crippen LogP contribution >= 0.6 is 23.1 Å². The minimum Gasteiger partial charge on any atom is -0.293 e. The molecule has 1 heterocycles. The molecule has 0 fully saturated rings. The minimum absolute atomic E-state index is 0.0583. The minimum atomic E-state index is 0.0583. The lowest BCUT2D eigenvalue weighted by Crippen LogP contribution is -1.92. The molecule has 0 aliphatic rings. The van der Waals surface area contributed by atoms with Gasteiger partial charge in [0.05, 0.1) is 0 Å². The highest BCUT2D eigenvalue weighted by Gasteiger charge is 2.05. The first kappa shape index (κ1) is 10.7. The highest BCUT2D eigenvalue weighted by molar-refractivity contribution is 7.98. The van der Waals surface area contributed by atoms with E-state index in [9.17, 15) is 4.79 Å². The molecule has 1 rings (SSSR count). The molecule has 0 bridgehead atoms. The van der Waals surface area contributed by atoms with E-state index in [1.807, 2.05) is 17.1 Å². The maximum absolute atomic E-state index is 10.9. The smallest absolute Gasteiger partial charge is 0.178 e. The van der Waals surface area contributed by atoms with Crippen molar-refractivity contribution in [3.05, 3.63) is 16.1 Å². The van der Waals surface area contributed by atoms with Crippen molar-refractivity contribution in [2.24, 2.45) is 0 Å². The Labute approximate surface area is 86.8 Å². The predicted octanol–water partition coefficient (Wildman–Crippen LogP) is 2.99. The lowest BCUT2D eigenvalue weighted by molar-refractivity contribution is 0.101. The van der Waals surface area contributed by atoms with Crippen molar-refractivity contribution < 1.29 is 4.79 Å². The molecular formula is C9H13NOS2. The van der Waals surface area contributed by atoms with Crippen molar-refractivity contribution in [2.75, 3.05) is 5.75 Å². The van der Waals surface area contributed by atoms with E-state index in [1.54, 1.807) is 18.3 Å². The van der Waals surface area contributed by atoms with Crippen LogP contribution in [0.4, 0.5) is 0 Å². The van der Waals surface area contributed by atoms with Crippen molar-refractivity contribution in [3.8, 4) is 0 Å². The predicted molar refractivity (Wildman–Crippen MR) is 58.6 cm³/mol. The summed E-state index contributed by atoms with van der Waals surface area (Å²) < 4.78 is 0. The Bertz CT molecular complexity index is 283. The molecule has 1 aromatic heterocycles. The molecule has 0 radical (unpaired) electrons. The first-order chi connectivity index (χ1) is 6.24. The Morgan fingerprint density at radius 1 is 1.69 bits per heavy atom. The molecular weight excluding hydrogens is 202 g/mol. The van der Waals surface area contributed by atoms with Gasteiger partial charge in [-0.1, -0.05) is 6.92 Å². The molecule has 2 nitrogen and oxygen atoms in total. The summed E-state index contributed by atoms with van der Waals surface area (Å²) in [5, 5.41) is 2.90. The molecule has 13 heavy (non-hydrogen) atoms. The normalized spacial score (nSPS) is 10.3. The van der Waals surface area contributed by atoms with Crippen LogP contribution in [-0.4, -0.2) is 16.5 Å². The maximum Gasteiger partial charge on any atom is 0.178 e.